The van der Waals surface area contributed by atoms with Crippen molar-refractivity contribution in [2.24, 2.45) is 0 Å². The van der Waals surface area contributed by atoms with Gasteiger partial charge in [-0.25, -0.2) is 4.79 Å². The molecule has 0 spiro atoms. The van der Waals surface area contributed by atoms with E-state index < -0.39 is 35.7 Å². The number of nitrogens with zero attached hydrogens (tertiary/aromatic N) is 4. The molecule has 0 aliphatic carbocycles. The first-order chi connectivity index (χ1) is 18.0. The number of rotatable bonds is 7. The minimum atomic E-state index is -4.49. The van der Waals surface area contributed by atoms with Crippen molar-refractivity contribution in [3.8, 4) is 0 Å². The molecule has 1 atom stereocenters. The fourth-order valence-corrected chi connectivity index (χ4v) is 8.69. The second-order valence-corrected chi connectivity index (χ2v) is 25.9. The zero-order valence-corrected chi connectivity index (χ0v) is 26.9. The molecule has 12 heteroatoms. The van der Waals surface area contributed by atoms with Gasteiger partial charge in [0, 0.05) is 7.11 Å². The number of benzene rings is 1. The Labute approximate surface area is 233 Å². The second kappa shape index (κ2) is 12.1. The van der Waals surface area contributed by atoms with Gasteiger partial charge in [-0.05, 0) is 20.8 Å². The van der Waals surface area contributed by atoms with Crippen LogP contribution in [0, 0.1) is 0 Å². The summed E-state index contributed by atoms with van der Waals surface area (Å²) in [4.78, 5) is 30.7. The predicted octanol–water partition coefficient (Wildman–Crippen LogP) is 5.42. The molecule has 1 fully saturated rings. The molecule has 8 nitrogen and oxygen atoms in total. The molecule has 39 heavy (non-hydrogen) atoms. The molecule has 3 rings (SSSR count). The molecule has 0 unspecified atom stereocenters. The van der Waals surface area contributed by atoms with Crippen LogP contribution in [0.5, 0.6) is 0 Å². The van der Waals surface area contributed by atoms with Gasteiger partial charge in [-0.15, -0.1) is 0 Å². The fourth-order valence-electron chi connectivity index (χ4n) is 4.54. The van der Waals surface area contributed by atoms with Crippen LogP contribution in [0.25, 0.3) is 0 Å². The van der Waals surface area contributed by atoms with E-state index in [2.05, 4.69) is 26.3 Å². The van der Waals surface area contributed by atoms with Crippen molar-refractivity contribution >= 4 is 45.5 Å². The van der Waals surface area contributed by atoms with Crippen molar-refractivity contribution in [1.82, 2.24) is 14.9 Å². The minimum absolute atomic E-state index is 0.0696. The number of anilines is 3. The Morgan fingerprint density at radius 1 is 1.18 bits per heavy atom. The van der Waals surface area contributed by atoms with Gasteiger partial charge in [0.15, 0.2) is 0 Å². The average Bonchev–Trinajstić information content (AvgIpc) is 2.82. The summed E-state index contributed by atoms with van der Waals surface area (Å²) in [5.41, 5.74) is 1.38. The molecule has 0 saturated carbocycles. The Morgan fingerprint density at radius 2 is 1.87 bits per heavy atom. The van der Waals surface area contributed by atoms with E-state index in [-0.39, 0.29) is 21.8 Å². The molecule has 0 bridgehead atoms. The molecule has 1 aliphatic heterocycles. The summed E-state index contributed by atoms with van der Waals surface area (Å²) in [5, 5.41) is 3.16. The summed E-state index contributed by atoms with van der Waals surface area (Å²) in [6, 6.07) is 5.85. The summed E-state index contributed by atoms with van der Waals surface area (Å²) in [6.45, 7) is 9.56. The molecule has 0 radical (unpaired) electrons. The number of methoxy groups -OCH3 is 1. The Bertz CT molecular complexity index is 1160. The number of halogens is 3. The van der Waals surface area contributed by atoms with Crippen molar-refractivity contribution in [2.75, 3.05) is 43.6 Å². The van der Waals surface area contributed by atoms with Crippen molar-refractivity contribution in [3.63, 3.8) is 0 Å². The standard InChI is InChI=1S/C24H31F3N5O3.3CH3.Sn/c1-6-16-11-18(7-8-20(16)30-21-28-12-17(13-29-21)24(25,26)27)32-10-9-31(14-19(32)15-34-5)22(33)35-23(2,3)4;;;;/h7-8,11-12,19H,6,9-10,14-15H2,1-5H3,(H,28,29,30);3*1H3;/t19-;;;;/m1..../s1. The van der Waals surface area contributed by atoms with Crippen molar-refractivity contribution < 1.29 is 27.4 Å². The summed E-state index contributed by atoms with van der Waals surface area (Å²) < 4.78 is 52.0. The van der Waals surface area contributed by atoms with Crippen LogP contribution in [0.2, 0.25) is 14.8 Å². The van der Waals surface area contributed by atoms with E-state index in [1.54, 1.807) is 12.0 Å². The summed E-state index contributed by atoms with van der Waals surface area (Å²) >= 11 is -3.21. The molecule has 1 aliphatic rings. The Balaban J connectivity index is 1.85. The van der Waals surface area contributed by atoms with E-state index >= 15 is 0 Å². The SMILES string of the molecule is CCc1cc(N2CCN(C(=O)OC(C)(C)C)C[C@@H]2COC)ccc1Nc1ncc(C(F)(F)F)[c]([Sn]([CH3])([CH3])[CH3])n1. The number of carbonyl (C=O) groups excluding carboxylic acids is 1. The maximum atomic E-state index is 13.6. The van der Waals surface area contributed by atoms with E-state index in [9.17, 15) is 18.0 Å². The fraction of sp³-hybridized carbons (Fsp3) is 0.593. The first kappa shape index (κ1) is 31.2. The van der Waals surface area contributed by atoms with Crippen LogP contribution in [-0.2, 0) is 22.1 Å². The van der Waals surface area contributed by atoms with E-state index in [0.29, 0.717) is 32.7 Å². The molecule has 1 aromatic heterocycles. The number of ether oxygens (including phenoxy) is 2. The zero-order valence-electron chi connectivity index (χ0n) is 24.1. The number of nitrogens with one attached hydrogen (secondary N) is 1. The molecular weight excluding hydrogens is 618 g/mol. The summed E-state index contributed by atoms with van der Waals surface area (Å²) in [6.07, 6.45) is -3.24. The second-order valence-electron chi connectivity index (χ2n) is 11.8. The Kier molecular flexibility index (Phi) is 9.67. The Morgan fingerprint density at radius 3 is 2.44 bits per heavy atom. The van der Waals surface area contributed by atoms with Crippen LogP contribution >= 0.6 is 0 Å². The number of alkyl halides is 3. The van der Waals surface area contributed by atoms with Crippen molar-refractivity contribution in [2.45, 2.75) is 66.8 Å². The van der Waals surface area contributed by atoms with Crippen LogP contribution in [0.1, 0.15) is 38.8 Å². The third kappa shape index (κ3) is 8.12. The van der Waals surface area contributed by atoms with Crippen LogP contribution in [0.4, 0.5) is 35.3 Å². The normalized spacial score (nSPS) is 16.8. The number of carbonyl (C=O) groups is 1. The molecular formula is C27H40F3N5O3Sn. The number of aromatic nitrogens is 2. The summed E-state index contributed by atoms with van der Waals surface area (Å²) in [5.74, 6) is 0.162. The van der Waals surface area contributed by atoms with Gasteiger partial charge in [-0.2, -0.15) is 0 Å². The first-order valence-corrected chi connectivity index (χ1v) is 23.1. The predicted molar refractivity (Wildman–Crippen MR) is 150 cm³/mol. The van der Waals surface area contributed by atoms with Crippen molar-refractivity contribution in [3.05, 3.63) is 35.5 Å². The molecule has 2 aromatic rings. The third-order valence-electron chi connectivity index (χ3n) is 6.35. The van der Waals surface area contributed by atoms with E-state index in [1.165, 1.54) is 0 Å². The third-order valence-corrected chi connectivity index (χ3v) is 11.5. The van der Waals surface area contributed by atoms with Gasteiger partial charge in [0.05, 0.1) is 0 Å². The number of hydrogen-bond donors (Lipinski definition) is 1. The Hall–Kier alpha value is -2.28. The first-order valence-electron chi connectivity index (χ1n) is 13.1. The van der Waals surface area contributed by atoms with Gasteiger partial charge in [0.2, 0.25) is 0 Å². The van der Waals surface area contributed by atoms with Crippen LogP contribution in [0.3, 0.4) is 0 Å². The molecule has 2 heterocycles. The van der Waals surface area contributed by atoms with Gasteiger partial charge in [-0.1, -0.05) is 0 Å². The van der Waals surface area contributed by atoms with Gasteiger partial charge in [-0.3, -0.25) is 0 Å². The van der Waals surface area contributed by atoms with E-state index in [0.717, 1.165) is 23.1 Å². The topological polar surface area (TPSA) is 79.8 Å². The number of hydrogen-bond acceptors (Lipinski definition) is 7. The van der Waals surface area contributed by atoms with Gasteiger partial charge in [0.1, 0.15) is 5.60 Å². The van der Waals surface area contributed by atoms with Crippen LogP contribution in [0.15, 0.2) is 24.4 Å². The molecule has 1 aromatic carbocycles. The average molecular weight is 658 g/mol. The molecule has 1 saturated heterocycles. The van der Waals surface area contributed by atoms with Gasteiger partial charge in [0.25, 0.3) is 0 Å². The van der Waals surface area contributed by atoms with Crippen molar-refractivity contribution in [1.29, 1.82) is 0 Å². The molecule has 1 N–H and O–H groups in total. The van der Waals surface area contributed by atoms with Gasteiger partial charge < -0.3 is 4.74 Å². The molecule has 216 valence electrons. The quantitative estimate of drug-likeness (QED) is 0.399. The number of amides is 1. The van der Waals surface area contributed by atoms with Crippen LogP contribution in [-0.4, -0.2) is 84.3 Å². The number of aryl methyl sites for hydroxylation is 1. The zero-order chi connectivity index (χ0) is 29.2. The monoisotopic (exact) mass is 659 g/mol. The van der Waals surface area contributed by atoms with Gasteiger partial charge >= 0.3 is 191 Å². The summed E-state index contributed by atoms with van der Waals surface area (Å²) in [7, 11) is 1.63. The van der Waals surface area contributed by atoms with E-state index in [4.69, 9.17) is 9.47 Å². The number of piperazine rings is 1. The van der Waals surface area contributed by atoms with Crippen LogP contribution < -0.4 is 13.9 Å². The molecule has 1 amide bonds. The van der Waals surface area contributed by atoms with E-state index in [1.807, 2.05) is 54.6 Å². The maximum absolute atomic E-state index is 13.6.